The van der Waals surface area contributed by atoms with E-state index in [0.29, 0.717) is 28.2 Å². The summed E-state index contributed by atoms with van der Waals surface area (Å²) in [6.07, 6.45) is 8.39. The van der Waals surface area contributed by atoms with Crippen molar-refractivity contribution < 1.29 is 8.78 Å². The van der Waals surface area contributed by atoms with E-state index in [1.165, 1.54) is 30.3 Å². The molecule has 0 spiro atoms. The summed E-state index contributed by atoms with van der Waals surface area (Å²) >= 11 is 1.50. The van der Waals surface area contributed by atoms with E-state index in [0.717, 1.165) is 23.2 Å². The van der Waals surface area contributed by atoms with Crippen molar-refractivity contribution in [3.8, 4) is 11.1 Å². The van der Waals surface area contributed by atoms with E-state index in [1.54, 1.807) is 23.3 Å². The van der Waals surface area contributed by atoms with Gasteiger partial charge in [-0.1, -0.05) is 18.9 Å². The molecule has 6 nitrogen and oxygen atoms in total. The lowest BCUT2D eigenvalue weighted by atomic mass is 9.96. The molecule has 3 aromatic rings. The molecule has 168 valence electrons. The Labute approximate surface area is 194 Å². The van der Waals surface area contributed by atoms with Gasteiger partial charge in [-0.05, 0) is 60.5 Å². The third-order valence-electron chi connectivity index (χ3n) is 4.92. The molecule has 9 heteroatoms. The molecule has 0 saturated carbocycles. The van der Waals surface area contributed by atoms with Crippen molar-refractivity contribution in [1.82, 2.24) is 20.1 Å². The molecule has 0 atom stereocenters. The van der Waals surface area contributed by atoms with Crippen LogP contribution in [0.25, 0.3) is 22.4 Å². The smallest absolute Gasteiger partial charge is 0.147 e. The first-order chi connectivity index (χ1) is 16.0. The highest BCUT2D eigenvalue weighted by atomic mass is 32.2. The van der Waals surface area contributed by atoms with Crippen LogP contribution in [0.2, 0.25) is 0 Å². The van der Waals surface area contributed by atoms with E-state index >= 15 is 0 Å². The Bertz CT molecular complexity index is 1290. The molecule has 3 N–H and O–H groups in total. The second kappa shape index (κ2) is 9.83. The zero-order chi connectivity index (χ0) is 23.4. The molecular weight excluding hydrogens is 442 g/mol. The molecule has 0 unspecified atom stereocenters. The molecule has 0 aliphatic carbocycles. The molecule has 0 saturated heterocycles. The first-order valence-electron chi connectivity index (χ1n) is 10.3. The Balaban J connectivity index is 1.75. The third-order valence-corrected chi connectivity index (χ3v) is 5.59. The Morgan fingerprint density at radius 1 is 1.21 bits per heavy atom. The quantitative estimate of drug-likeness (QED) is 0.312. The number of aryl methyl sites for hydroxylation is 1. The van der Waals surface area contributed by atoms with Gasteiger partial charge >= 0.3 is 0 Å². The van der Waals surface area contributed by atoms with Gasteiger partial charge in [0.15, 0.2) is 0 Å². The third kappa shape index (κ3) is 5.04. The minimum absolute atomic E-state index is 0.285. The fourth-order valence-electron chi connectivity index (χ4n) is 3.39. The number of dihydropyridines is 1. The van der Waals surface area contributed by atoms with Gasteiger partial charge in [-0.3, -0.25) is 0 Å². The molecule has 1 aliphatic heterocycles. The fraction of sp³-hybridized carbons (Fsp3) is 0.125. The summed E-state index contributed by atoms with van der Waals surface area (Å²) in [7, 11) is 0. The maximum atomic E-state index is 14.5. The Kier molecular flexibility index (Phi) is 6.69. The molecule has 1 aliphatic rings. The number of nitrogens with zero attached hydrogens (tertiary/aromatic N) is 3. The van der Waals surface area contributed by atoms with E-state index in [1.807, 2.05) is 38.1 Å². The number of aromatic nitrogens is 3. The van der Waals surface area contributed by atoms with E-state index in [4.69, 9.17) is 5.41 Å². The normalized spacial score (nSPS) is 14.5. The number of hydrogen-bond acceptors (Lipinski definition) is 6. The van der Waals surface area contributed by atoms with Gasteiger partial charge in [0.25, 0.3) is 0 Å². The number of nitrogens with one attached hydrogen (secondary N) is 3. The molecule has 1 aromatic heterocycles. The van der Waals surface area contributed by atoms with Crippen molar-refractivity contribution >= 4 is 35.1 Å². The van der Waals surface area contributed by atoms with E-state index in [2.05, 4.69) is 20.1 Å². The zero-order valence-electron chi connectivity index (χ0n) is 18.1. The second-order valence-corrected chi connectivity index (χ2v) is 8.28. The van der Waals surface area contributed by atoms with Gasteiger partial charge in [-0.2, -0.15) is 5.10 Å². The van der Waals surface area contributed by atoms with Gasteiger partial charge in [0.2, 0.25) is 0 Å². The fourth-order valence-corrected chi connectivity index (χ4v) is 3.82. The van der Waals surface area contributed by atoms with Gasteiger partial charge in [0.1, 0.15) is 23.8 Å². The van der Waals surface area contributed by atoms with Crippen LogP contribution < -0.4 is 10.0 Å². The molecule has 33 heavy (non-hydrogen) atoms. The minimum atomic E-state index is -0.642. The summed E-state index contributed by atoms with van der Waals surface area (Å²) in [6.45, 7) is 3.83. The van der Waals surface area contributed by atoms with Crippen LogP contribution >= 0.6 is 11.9 Å². The molecule has 0 radical (unpaired) electrons. The molecule has 4 rings (SSSR count). The highest BCUT2D eigenvalue weighted by Gasteiger charge is 2.14. The molecule has 2 aromatic carbocycles. The van der Waals surface area contributed by atoms with Gasteiger partial charge in [-0.15, -0.1) is 0 Å². The first kappa shape index (κ1) is 22.5. The van der Waals surface area contributed by atoms with Crippen LogP contribution in [0.1, 0.15) is 18.3 Å². The largest absolute Gasteiger partial charge is 0.359 e. The van der Waals surface area contributed by atoms with Crippen molar-refractivity contribution in [2.45, 2.75) is 13.8 Å². The molecule has 0 bridgehead atoms. The summed E-state index contributed by atoms with van der Waals surface area (Å²) in [6, 6.07) is 9.03. The SMILES string of the molecule is CCSNc1cc(/C(C=N)=C2\C=CC(n3cnc(C)n3)=CN2)cc(-c2ccc(F)cc2F)c1. The zero-order valence-corrected chi connectivity index (χ0v) is 18.9. The molecule has 0 fully saturated rings. The van der Waals surface area contributed by atoms with Crippen LogP contribution in [0, 0.1) is 24.0 Å². The van der Waals surface area contributed by atoms with Crippen molar-refractivity contribution in [3.63, 3.8) is 0 Å². The minimum Gasteiger partial charge on any atom is -0.359 e. The molecule has 2 heterocycles. The van der Waals surface area contributed by atoms with Gasteiger partial charge in [0.05, 0.1) is 5.70 Å². The van der Waals surface area contributed by atoms with Crippen molar-refractivity contribution in [2.24, 2.45) is 0 Å². The molecule has 0 amide bonds. The van der Waals surface area contributed by atoms with Crippen LogP contribution in [-0.2, 0) is 0 Å². The first-order valence-corrected chi connectivity index (χ1v) is 11.2. The van der Waals surface area contributed by atoms with Crippen molar-refractivity contribution in [2.75, 3.05) is 10.5 Å². The number of rotatable bonds is 7. The van der Waals surface area contributed by atoms with E-state index < -0.39 is 11.6 Å². The van der Waals surface area contributed by atoms with Crippen LogP contribution in [0.15, 0.2) is 66.8 Å². The van der Waals surface area contributed by atoms with Gasteiger partial charge in [-0.25, -0.2) is 18.4 Å². The number of hydrogen-bond donors (Lipinski definition) is 3. The molecular formula is C24H22F2N6S. The Hall–Kier alpha value is -3.72. The number of anilines is 1. The predicted octanol–water partition coefficient (Wildman–Crippen LogP) is 5.63. The van der Waals surface area contributed by atoms with Gasteiger partial charge < -0.3 is 15.4 Å². The van der Waals surface area contributed by atoms with Gasteiger partial charge in [0, 0.05) is 46.8 Å². The van der Waals surface area contributed by atoms with E-state index in [9.17, 15) is 8.78 Å². The average Bonchev–Trinajstić information content (AvgIpc) is 3.25. The predicted molar refractivity (Wildman–Crippen MR) is 131 cm³/mol. The van der Waals surface area contributed by atoms with Crippen LogP contribution in [0.5, 0.6) is 0 Å². The monoisotopic (exact) mass is 464 g/mol. The highest BCUT2D eigenvalue weighted by Crippen LogP contribution is 2.32. The summed E-state index contributed by atoms with van der Waals surface area (Å²) in [4.78, 5) is 4.13. The van der Waals surface area contributed by atoms with Crippen molar-refractivity contribution in [1.29, 1.82) is 5.41 Å². The summed E-state index contributed by atoms with van der Waals surface area (Å²) in [5, 5.41) is 15.6. The summed E-state index contributed by atoms with van der Waals surface area (Å²) < 4.78 is 32.9. The lowest BCUT2D eigenvalue weighted by Crippen LogP contribution is -2.13. The number of allylic oxidation sites excluding steroid dienone is 4. The average molecular weight is 465 g/mol. The van der Waals surface area contributed by atoms with E-state index in [-0.39, 0.29) is 5.56 Å². The van der Waals surface area contributed by atoms with Crippen LogP contribution in [-0.4, -0.2) is 26.7 Å². The topological polar surface area (TPSA) is 78.6 Å². The van der Waals surface area contributed by atoms with Crippen molar-refractivity contribution in [3.05, 3.63) is 89.8 Å². The Morgan fingerprint density at radius 2 is 2.06 bits per heavy atom. The van der Waals surface area contributed by atoms with Crippen LogP contribution in [0.4, 0.5) is 14.5 Å². The number of halogens is 2. The number of benzene rings is 2. The summed E-state index contributed by atoms with van der Waals surface area (Å²) in [5.74, 6) is 0.233. The second-order valence-electron chi connectivity index (χ2n) is 7.21. The summed E-state index contributed by atoms with van der Waals surface area (Å²) in [5.41, 5.74) is 4.46. The lowest BCUT2D eigenvalue weighted by molar-refractivity contribution is 0.585. The lowest BCUT2D eigenvalue weighted by Gasteiger charge is -2.17. The maximum Gasteiger partial charge on any atom is 0.147 e. The Morgan fingerprint density at radius 3 is 2.70 bits per heavy atom. The maximum absolute atomic E-state index is 14.5. The standard InChI is InChI=1S/C24H22F2N6S/c1-3-33-31-19-9-16(21-6-4-18(25)11-23(21)26)8-17(10-19)22(12-27)24-7-5-20(13-28-24)32-14-29-15(2)30-32/h4-14,27-28,31H,3H2,1-2H3/b24-22+,27-12?. The highest BCUT2D eigenvalue weighted by molar-refractivity contribution is 8.00. The van der Waals surface area contributed by atoms with Crippen LogP contribution in [0.3, 0.4) is 0 Å².